The third-order valence-electron chi connectivity index (χ3n) is 2.35. The number of rotatable bonds is 2. The second-order valence-electron chi connectivity index (χ2n) is 3.69. The van der Waals surface area contributed by atoms with Crippen molar-refractivity contribution in [3.63, 3.8) is 0 Å². The van der Waals surface area contributed by atoms with Gasteiger partial charge in [0.2, 0.25) is 5.91 Å². The molecule has 0 aliphatic carbocycles. The van der Waals surface area contributed by atoms with Crippen LogP contribution in [0.5, 0.6) is 0 Å². The van der Waals surface area contributed by atoms with E-state index in [1.165, 1.54) is 0 Å². The van der Waals surface area contributed by atoms with Crippen molar-refractivity contribution in [1.82, 2.24) is 10.1 Å². The molecule has 0 aromatic carbocycles. The van der Waals surface area contributed by atoms with E-state index in [-0.39, 0.29) is 5.91 Å². The Balaban J connectivity index is 2.52. The fourth-order valence-electron chi connectivity index (χ4n) is 1.60. The van der Waals surface area contributed by atoms with Crippen molar-refractivity contribution >= 4 is 22.8 Å². The Hall–Kier alpha value is -1.91. The highest BCUT2D eigenvalue weighted by Gasteiger charge is 2.14. The first-order valence-corrected chi connectivity index (χ1v) is 5.15. The highest BCUT2D eigenvalue weighted by atomic mass is 16.5. The SMILES string of the molecule is CCC(=O)Nc1noc2nc(C)cc(C)c12. The molecular weight excluding hydrogens is 206 g/mol. The number of carbonyl (C=O) groups excluding carboxylic acids is 1. The van der Waals surface area contributed by atoms with Crippen LogP contribution >= 0.6 is 0 Å². The molecule has 0 atom stereocenters. The fourth-order valence-corrected chi connectivity index (χ4v) is 1.60. The first-order valence-electron chi connectivity index (χ1n) is 5.15. The smallest absolute Gasteiger partial charge is 0.260 e. The van der Waals surface area contributed by atoms with Gasteiger partial charge in [-0.25, -0.2) is 4.98 Å². The van der Waals surface area contributed by atoms with Gasteiger partial charge in [0.25, 0.3) is 5.71 Å². The molecule has 0 saturated carbocycles. The van der Waals surface area contributed by atoms with Gasteiger partial charge in [-0.2, -0.15) is 0 Å². The van der Waals surface area contributed by atoms with Crippen molar-refractivity contribution in [2.24, 2.45) is 0 Å². The second kappa shape index (κ2) is 3.92. The molecule has 16 heavy (non-hydrogen) atoms. The molecule has 2 aromatic heterocycles. The maximum atomic E-state index is 11.3. The van der Waals surface area contributed by atoms with Gasteiger partial charge in [-0.15, -0.1) is 0 Å². The summed E-state index contributed by atoms with van der Waals surface area (Å²) in [6.07, 6.45) is 0.409. The van der Waals surface area contributed by atoms with Crippen LogP contribution in [0, 0.1) is 13.8 Å². The molecule has 0 fully saturated rings. The average molecular weight is 219 g/mol. The molecule has 0 aliphatic rings. The number of amides is 1. The quantitative estimate of drug-likeness (QED) is 0.840. The summed E-state index contributed by atoms with van der Waals surface area (Å²) >= 11 is 0. The molecule has 0 radical (unpaired) electrons. The Morgan fingerprint density at radius 2 is 2.25 bits per heavy atom. The van der Waals surface area contributed by atoms with Crippen molar-refractivity contribution in [2.75, 3.05) is 5.32 Å². The summed E-state index contributed by atoms with van der Waals surface area (Å²) in [7, 11) is 0. The fraction of sp³-hybridized carbons (Fsp3) is 0.364. The van der Waals surface area contributed by atoms with Gasteiger partial charge < -0.3 is 9.84 Å². The summed E-state index contributed by atoms with van der Waals surface area (Å²) in [5.41, 5.74) is 2.33. The summed E-state index contributed by atoms with van der Waals surface area (Å²) < 4.78 is 5.08. The van der Waals surface area contributed by atoms with Gasteiger partial charge in [-0.3, -0.25) is 4.79 Å². The zero-order chi connectivity index (χ0) is 11.7. The number of anilines is 1. The Labute approximate surface area is 92.8 Å². The van der Waals surface area contributed by atoms with Crippen LogP contribution in [0.3, 0.4) is 0 Å². The van der Waals surface area contributed by atoms with Crippen LogP contribution < -0.4 is 5.32 Å². The van der Waals surface area contributed by atoms with Crippen LogP contribution in [-0.2, 0) is 4.79 Å². The van der Waals surface area contributed by atoms with Gasteiger partial charge >= 0.3 is 0 Å². The maximum absolute atomic E-state index is 11.3. The van der Waals surface area contributed by atoms with Crippen molar-refractivity contribution < 1.29 is 9.32 Å². The van der Waals surface area contributed by atoms with E-state index in [1.54, 1.807) is 6.92 Å². The second-order valence-corrected chi connectivity index (χ2v) is 3.69. The standard InChI is InChI=1S/C11H13N3O2/c1-4-8(15)13-10-9-6(2)5-7(3)12-11(9)16-14-10/h5H,4H2,1-3H3,(H,13,14,15). The molecule has 0 bridgehead atoms. The maximum Gasteiger partial charge on any atom is 0.260 e. The topological polar surface area (TPSA) is 68.0 Å². The molecule has 1 N–H and O–H groups in total. The lowest BCUT2D eigenvalue weighted by atomic mass is 10.2. The zero-order valence-electron chi connectivity index (χ0n) is 9.50. The van der Waals surface area contributed by atoms with E-state index in [0.717, 1.165) is 16.6 Å². The van der Waals surface area contributed by atoms with Crippen molar-refractivity contribution in [2.45, 2.75) is 27.2 Å². The number of fused-ring (bicyclic) bond motifs is 1. The number of aromatic nitrogens is 2. The highest BCUT2D eigenvalue weighted by molar-refractivity contribution is 5.99. The van der Waals surface area contributed by atoms with Gasteiger partial charge in [0, 0.05) is 12.1 Å². The van der Waals surface area contributed by atoms with Crippen molar-refractivity contribution in [1.29, 1.82) is 0 Å². The van der Waals surface area contributed by atoms with E-state index in [1.807, 2.05) is 19.9 Å². The van der Waals surface area contributed by atoms with E-state index in [4.69, 9.17) is 4.52 Å². The molecule has 0 aliphatic heterocycles. The Morgan fingerprint density at radius 3 is 2.94 bits per heavy atom. The lowest BCUT2D eigenvalue weighted by Gasteiger charge is -2.00. The van der Waals surface area contributed by atoms with Crippen molar-refractivity contribution in [3.8, 4) is 0 Å². The predicted octanol–water partition coefficient (Wildman–Crippen LogP) is 2.19. The van der Waals surface area contributed by atoms with E-state index in [9.17, 15) is 4.79 Å². The summed E-state index contributed by atoms with van der Waals surface area (Å²) in [5.74, 6) is 0.363. The molecular formula is C11H13N3O2. The lowest BCUT2D eigenvalue weighted by molar-refractivity contribution is -0.115. The summed E-state index contributed by atoms with van der Waals surface area (Å²) in [4.78, 5) is 15.5. The number of nitrogens with zero attached hydrogens (tertiary/aromatic N) is 2. The Kier molecular flexibility index (Phi) is 2.60. The number of hydrogen-bond acceptors (Lipinski definition) is 4. The summed E-state index contributed by atoms with van der Waals surface area (Å²) in [5, 5.41) is 7.28. The molecule has 2 aromatic rings. The van der Waals surface area contributed by atoms with Gasteiger partial charge in [0.1, 0.15) is 0 Å². The largest absolute Gasteiger partial charge is 0.334 e. The van der Waals surface area contributed by atoms with E-state index in [2.05, 4.69) is 15.5 Å². The van der Waals surface area contributed by atoms with Crippen LogP contribution in [-0.4, -0.2) is 16.0 Å². The minimum Gasteiger partial charge on any atom is -0.334 e. The number of carbonyl (C=O) groups is 1. The third kappa shape index (κ3) is 1.76. The number of aryl methyl sites for hydroxylation is 2. The van der Waals surface area contributed by atoms with Crippen molar-refractivity contribution in [3.05, 3.63) is 17.3 Å². The van der Waals surface area contributed by atoms with Crippen LogP contribution in [0.15, 0.2) is 10.6 Å². The molecule has 2 heterocycles. The minimum absolute atomic E-state index is 0.0878. The van der Waals surface area contributed by atoms with Gasteiger partial charge in [0.05, 0.1) is 5.39 Å². The average Bonchev–Trinajstić information content (AvgIpc) is 2.61. The zero-order valence-corrected chi connectivity index (χ0v) is 9.50. The van der Waals surface area contributed by atoms with Gasteiger partial charge in [0.15, 0.2) is 5.82 Å². The van der Waals surface area contributed by atoms with Crippen LogP contribution in [0.4, 0.5) is 5.82 Å². The normalized spacial score (nSPS) is 10.7. The van der Waals surface area contributed by atoms with Gasteiger partial charge in [-0.05, 0) is 25.5 Å². The third-order valence-corrected chi connectivity index (χ3v) is 2.35. The van der Waals surface area contributed by atoms with Crippen LogP contribution in [0.1, 0.15) is 24.6 Å². The molecule has 1 amide bonds. The Morgan fingerprint density at radius 1 is 1.50 bits per heavy atom. The minimum atomic E-state index is -0.0878. The number of pyridine rings is 1. The van der Waals surface area contributed by atoms with Gasteiger partial charge in [-0.1, -0.05) is 12.1 Å². The highest BCUT2D eigenvalue weighted by Crippen LogP contribution is 2.25. The lowest BCUT2D eigenvalue weighted by Crippen LogP contribution is -2.10. The van der Waals surface area contributed by atoms with E-state index < -0.39 is 0 Å². The molecule has 0 unspecified atom stereocenters. The molecule has 2 rings (SSSR count). The Bertz CT molecular complexity index is 545. The summed E-state index contributed by atoms with van der Waals surface area (Å²) in [6, 6.07) is 1.93. The molecule has 0 spiro atoms. The summed E-state index contributed by atoms with van der Waals surface area (Å²) in [6.45, 7) is 5.61. The molecule has 5 nitrogen and oxygen atoms in total. The molecule has 0 saturated heterocycles. The van der Waals surface area contributed by atoms with E-state index in [0.29, 0.717) is 18.0 Å². The number of hydrogen-bond donors (Lipinski definition) is 1. The first kappa shape index (κ1) is 10.6. The van der Waals surface area contributed by atoms with Crippen LogP contribution in [0.25, 0.3) is 11.1 Å². The van der Waals surface area contributed by atoms with E-state index >= 15 is 0 Å². The predicted molar refractivity (Wildman–Crippen MR) is 60.2 cm³/mol. The first-order chi connectivity index (χ1) is 7.61. The molecule has 84 valence electrons. The molecule has 5 heteroatoms. The van der Waals surface area contributed by atoms with Crippen LogP contribution in [0.2, 0.25) is 0 Å². The number of nitrogens with one attached hydrogen (secondary N) is 1. The monoisotopic (exact) mass is 219 g/mol.